The van der Waals surface area contributed by atoms with E-state index >= 15 is 0 Å². The number of hydrogen-bond donors (Lipinski definition) is 1. The lowest BCUT2D eigenvalue weighted by Crippen LogP contribution is -2.42. The number of nitrogens with zero attached hydrogens (tertiary/aromatic N) is 8. The maximum Gasteiger partial charge on any atom is 0.415 e. The normalized spacial score (nSPS) is 14.6. The number of fused-ring (bicyclic) bond motifs is 2. The summed E-state index contributed by atoms with van der Waals surface area (Å²) in [6, 6.07) is 8.09. The highest BCUT2D eigenvalue weighted by Gasteiger charge is 2.32. The van der Waals surface area contributed by atoms with Crippen LogP contribution in [-0.4, -0.2) is 61.1 Å². The van der Waals surface area contributed by atoms with Gasteiger partial charge in [0.15, 0.2) is 0 Å². The highest BCUT2D eigenvalue weighted by atomic mass is 16.6. The number of benzene rings is 1. The van der Waals surface area contributed by atoms with E-state index in [-0.39, 0.29) is 0 Å². The molecule has 6 rings (SSSR count). The van der Waals surface area contributed by atoms with Gasteiger partial charge in [0.2, 0.25) is 11.8 Å². The summed E-state index contributed by atoms with van der Waals surface area (Å²) in [6.45, 7) is 10.4. The maximum absolute atomic E-state index is 13.0. The first kappa shape index (κ1) is 26.5. The van der Waals surface area contributed by atoms with Crippen LogP contribution in [0.2, 0.25) is 0 Å². The number of amides is 1. The Kier molecular flexibility index (Phi) is 6.90. The summed E-state index contributed by atoms with van der Waals surface area (Å²) in [5.74, 6) is 0.987. The molecular formula is C29H33N9O3. The van der Waals surface area contributed by atoms with Crippen LogP contribution < -0.4 is 19.9 Å². The third-order valence-corrected chi connectivity index (χ3v) is 6.99. The van der Waals surface area contributed by atoms with Crippen LogP contribution in [0.1, 0.15) is 43.2 Å². The molecule has 0 radical (unpaired) electrons. The number of ether oxygens (including phenoxy) is 2. The third-order valence-electron chi connectivity index (χ3n) is 6.99. The predicted molar refractivity (Wildman–Crippen MR) is 154 cm³/mol. The van der Waals surface area contributed by atoms with Gasteiger partial charge < -0.3 is 19.7 Å². The molecule has 0 unspecified atom stereocenters. The van der Waals surface area contributed by atoms with E-state index in [1.54, 1.807) is 15.9 Å². The molecule has 1 amide bonds. The van der Waals surface area contributed by atoms with Gasteiger partial charge in [-0.2, -0.15) is 5.10 Å². The first-order chi connectivity index (χ1) is 19.7. The number of carbonyl (C=O) groups excluding carboxylic acids is 1. The van der Waals surface area contributed by atoms with Crippen molar-refractivity contribution in [2.45, 2.75) is 52.8 Å². The molecule has 1 N–H and O–H groups in total. The Morgan fingerprint density at radius 2 is 1.95 bits per heavy atom. The van der Waals surface area contributed by atoms with Gasteiger partial charge in [-0.3, -0.25) is 4.90 Å². The van der Waals surface area contributed by atoms with E-state index in [9.17, 15) is 4.79 Å². The Bertz CT molecular complexity index is 1550. The first-order valence-electron chi connectivity index (χ1n) is 13.6. The van der Waals surface area contributed by atoms with Crippen LogP contribution in [0.15, 0.2) is 49.3 Å². The number of hydrogen-bond acceptors (Lipinski definition) is 10. The fourth-order valence-electron chi connectivity index (χ4n) is 5.04. The molecule has 12 nitrogen and oxygen atoms in total. The molecule has 3 aromatic heterocycles. The van der Waals surface area contributed by atoms with Crippen LogP contribution >= 0.6 is 0 Å². The fourth-order valence-corrected chi connectivity index (χ4v) is 5.04. The summed E-state index contributed by atoms with van der Waals surface area (Å²) >= 11 is 0. The summed E-state index contributed by atoms with van der Waals surface area (Å²) in [5.41, 5.74) is 6.00. The summed E-state index contributed by atoms with van der Waals surface area (Å²) in [6.07, 6.45) is 7.35. The third kappa shape index (κ3) is 5.76. The van der Waals surface area contributed by atoms with E-state index in [1.165, 1.54) is 6.33 Å². The highest BCUT2D eigenvalue weighted by molar-refractivity contribution is 5.92. The van der Waals surface area contributed by atoms with E-state index in [0.29, 0.717) is 43.8 Å². The van der Waals surface area contributed by atoms with Gasteiger partial charge in [-0.25, -0.2) is 29.4 Å². The molecule has 0 saturated carbocycles. The minimum absolute atomic E-state index is 0.367. The molecule has 212 valence electrons. The smallest absolute Gasteiger partial charge is 0.415 e. The van der Waals surface area contributed by atoms with Gasteiger partial charge in [0.25, 0.3) is 0 Å². The number of carbonyl (C=O) groups is 1. The van der Waals surface area contributed by atoms with Crippen LogP contribution in [0.25, 0.3) is 0 Å². The van der Waals surface area contributed by atoms with Crippen molar-refractivity contribution >= 4 is 29.1 Å². The Labute approximate surface area is 238 Å². The second-order valence-electron chi connectivity index (χ2n) is 11.2. The lowest BCUT2D eigenvalue weighted by molar-refractivity contribution is 0.0566. The van der Waals surface area contributed by atoms with Gasteiger partial charge in [-0.1, -0.05) is 12.1 Å². The Morgan fingerprint density at radius 1 is 1.12 bits per heavy atom. The second kappa shape index (κ2) is 10.7. The molecular weight excluding hydrogens is 522 g/mol. The van der Waals surface area contributed by atoms with Crippen molar-refractivity contribution in [1.29, 1.82) is 0 Å². The van der Waals surface area contributed by atoms with Crippen molar-refractivity contribution in [3.8, 4) is 5.88 Å². The lowest BCUT2D eigenvalue weighted by atomic mass is 10.0. The average Bonchev–Trinajstić information content (AvgIpc) is 3.46. The minimum Gasteiger partial charge on any atom is -0.474 e. The quantitative estimate of drug-likeness (QED) is 0.382. The summed E-state index contributed by atoms with van der Waals surface area (Å²) < 4.78 is 13.3. The number of pyridine rings is 1. The number of rotatable bonds is 5. The molecule has 0 bridgehead atoms. The molecule has 0 fully saturated rings. The van der Waals surface area contributed by atoms with E-state index in [1.807, 2.05) is 64.4 Å². The zero-order valence-corrected chi connectivity index (χ0v) is 23.7. The maximum atomic E-state index is 13.0. The summed E-state index contributed by atoms with van der Waals surface area (Å²) in [5, 5.41) is 7.48. The van der Waals surface area contributed by atoms with Crippen molar-refractivity contribution in [1.82, 2.24) is 29.7 Å². The Hall–Kier alpha value is -4.74. The van der Waals surface area contributed by atoms with Crippen LogP contribution in [0.3, 0.4) is 0 Å². The van der Waals surface area contributed by atoms with Crippen LogP contribution in [0.4, 0.5) is 27.8 Å². The first-order valence-corrected chi connectivity index (χ1v) is 13.6. The van der Waals surface area contributed by atoms with Gasteiger partial charge in [0.05, 0.1) is 37.2 Å². The van der Waals surface area contributed by atoms with Gasteiger partial charge in [-0.15, -0.1) is 0 Å². The van der Waals surface area contributed by atoms with Gasteiger partial charge in [0, 0.05) is 24.0 Å². The largest absolute Gasteiger partial charge is 0.474 e. The molecule has 41 heavy (non-hydrogen) atoms. The highest BCUT2D eigenvalue weighted by Crippen LogP contribution is 2.39. The topological polar surface area (TPSA) is 123 Å². The van der Waals surface area contributed by atoms with Crippen molar-refractivity contribution in [3.05, 3.63) is 71.7 Å². The molecule has 0 aliphatic carbocycles. The molecule has 0 saturated heterocycles. The van der Waals surface area contributed by atoms with E-state index in [2.05, 4.69) is 30.3 Å². The molecule has 12 heteroatoms. The van der Waals surface area contributed by atoms with Crippen molar-refractivity contribution in [2.75, 3.05) is 34.8 Å². The van der Waals surface area contributed by atoms with E-state index in [0.717, 1.165) is 46.7 Å². The predicted octanol–water partition coefficient (Wildman–Crippen LogP) is 4.26. The number of anilines is 4. The number of aromatic nitrogens is 6. The zero-order valence-electron chi connectivity index (χ0n) is 23.7. The minimum atomic E-state index is -0.601. The van der Waals surface area contributed by atoms with Gasteiger partial charge in [0.1, 0.15) is 30.5 Å². The standard InChI is InChI=1S/C29H33N9O3/c1-19-24(14-31-26-25(19)38(11-12-40-26)28(39)41-29(2,3)4)36-10-9-21-13-32-27(35-23(21)16-36)34-22-7-5-20(6-8-22)15-37-18-30-17-33-37/h5-8,13-14,17-18H,9-12,15-16H2,1-4H3,(H,32,34,35). The summed E-state index contributed by atoms with van der Waals surface area (Å²) in [7, 11) is 0. The van der Waals surface area contributed by atoms with Gasteiger partial charge >= 0.3 is 6.09 Å². The summed E-state index contributed by atoms with van der Waals surface area (Å²) in [4.78, 5) is 34.9. The number of nitrogens with one attached hydrogen (secondary N) is 1. The molecule has 5 heterocycles. The monoisotopic (exact) mass is 555 g/mol. The zero-order chi connectivity index (χ0) is 28.6. The Balaban J connectivity index is 1.19. The van der Waals surface area contributed by atoms with Crippen molar-refractivity contribution in [3.63, 3.8) is 0 Å². The van der Waals surface area contributed by atoms with E-state index < -0.39 is 11.7 Å². The van der Waals surface area contributed by atoms with Crippen molar-refractivity contribution < 1.29 is 14.3 Å². The van der Waals surface area contributed by atoms with Crippen molar-refractivity contribution in [2.24, 2.45) is 0 Å². The molecule has 2 aliphatic heterocycles. The molecule has 2 aliphatic rings. The SMILES string of the molecule is Cc1c(N2CCc3cnc(Nc4ccc(Cn5cncn5)cc4)nc3C2)cnc2c1N(C(=O)OC(C)(C)C)CCO2. The molecule has 1 aromatic carbocycles. The van der Waals surface area contributed by atoms with Crippen LogP contribution in [0, 0.1) is 6.92 Å². The molecule has 4 aromatic rings. The molecule has 0 atom stereocenters. The van der Waals surface area contributed by atoms with E-state index in [4.69, 9.17) is 14.5 Å². The average molecular weight is 556 g/mol. The lowest BCUT2D eigenvalue weighted by Gasteiger charge is -2.35. The molecule has 0 spiro atoms. The Morgan fingerprint density at radius 3 is 2.71 bits per heavy atom. The van der Waals surface area contributed by atoms with Gasteiger partial charge in [-0.05, 0) is 57.4 Å². The van der Waals surface area contributed by atoms with Crippen LogP contribution in [-0.2, 0) is 24.2 Å². The fraction of sp³-hybridized carbons (Fsp3) is 0.379. The second-order valence-corrected chi connectivity index (χ2v) is 11.2. The van der Waals surface area contributed by atoms with Crippen LogP contribution in [0.5, 0.6) is 5.88 Å².